The monoisotopic (exact) mass is 382 g/mol. The number of nitrogens with zero attached hydrogens (tertiary/aromatic N) is 2. The van der Waals surface area contributed by atoms with Crippen LogP contribution in [-0.2, 0) is 11.2 Å². The van der Waals surface area contributed by atoms with Gasteiger partial charge in [0.2, 0.25) is 0 Å². The molecule has 0 radical (unpaired) electrons. The van der Waals surface area contributed by atoms with E-state index in [1.807, 2.05) is 6.92 Å². The molecule has 102 valence electrons. The van der Waals surface area contributed by atoms with Crippen molar-refractivity contribution in [3.8, 4) is 0 Å². The number of hydrogen-bond donors (Lipinski definition) is 0. The first-order valence-corrected chi connectivity index (χ1v) is 7.93. The predicted molar refractivity (Wildman–Crippen MR) is 83.0 cm³/mol. The summed E-state index contributed by atoms with van der Waals surface area (Å²) in [4.78, 5) is 9.01. The molecule has 1 atom stereocenters. The van der Waals surface area contributed by atoms with Gasteiger partial charge < -0.3 is 4.74 Å². The Morgan fingerprint density at radius 2 is 1.94 bits per heavy atom. The molecular formula is C13H20ClIN2O. The largest absolute Gasteiger partial charge is 0.371 e. The van der Waals surface area contributed by atoms with Crippen molar-refractivity contribution in [3.63, 3.8) is 0 Å². The van der Waals surface area contributed by atoms with E-state index in [-0.39, 0.29) is 6.10 Å². The first-order valence-electron chi connectivity index (χ1n) is 6.47. The Balaban J connectivity index is 3.06. The van der Waals surface area contributed by atoms with Crippen molar-refractivity contribution in [1.82, 2.24) is 9.97 Å². The van der Waals surface area contributed by atoms with Gasteiger partial charge in [0.05, 0.1) is 9.26 Å². The third-order valence-corrected chi connectivity index (χ3v) is 4.32. The number of halogens is 2. The van der Waals surface area contributed by atoms with E-state index in [1.165, 1.54) is 0 Å². The van der Waals surface area contributed by atoms with E-state index in [0.717, 1.165) is 40.8 Å². The summed E-state index contributed by atoms with van der Waals surface area (Å²) in [6.07, 6.45) is 3.91. The Kier molecular flexibility index (Phi) is 7.41. The predicted octanol–water partition coefficient (Wildman–Crippen LogP) is 4.56. The lowest BCUT2D eigenvalue weighted by Crippen LogP contribution is -2.12. The van der Waals surface area contributed by atoms with Crippen LogP contribution in [0.4, 0.5) is 0 Å². The summed E-state index contributed by atoms with van der Waals surface area (Å²) < 4.78 is 6.67. The average Bonchev–Trinajstić information content (AvgIpc) is 2.34. The van der Waals surface area contributed by atoms with Crippen LogP contribution in [-0.4, -0.2) is 16.6 Å². The third-order valence-electron chi connectivity index (χ3n) is 2.59. The van der Waals surface area contributed by atoms with E-state index in [1.54, 1.807) is 0 Å². The fourth-order valence-corrected chi connectivity index (χ4v) is 2.48. The van der Waals surface area contributed by atoms with Gasteiger partial charge in [-0.3, -0.25) is 0 Å². The topological polar surface area (TPSA) is 35.0 Å². The first-order chi connectivity index (χ1) is 8.63. The summed E-state index contributed by atoms with van der Waals surface area (Å²) in [5.41, 5.74) is 1.04. The Morgan fingerprint density at radius 1 is 1.22 bits per heavy atom. The maximum Gasteiger partial charge on any atom is 0.159 e. The van der Waals surface area contributed by atoms with Crippen LogP contribution in [0.1, 0.15) is 57.7 Å². The molecule has 0 N–H and O–H groups in total. The summed E-state index contributed by atoms with van der Waals surface area (Å²) in [5, 5.41) is 0.546. The van der Waals surface area contributed by atoms with Gasteiger partial charge in [-0.2, -0.15) is 0 Å². The molecule has 3 nitrogen and oxygen atoms in total. The van der Waals surface area contributed by atoms with Crippen molar-refractivity contribution in [2.75, 3.05) is 6.61 Å². The van der Waals surface area contributed by atoms with Crippen LogP contribution in [0, 0.1) is 3.57 Å². The molecule has 0 amide bonds. The van der Waals surface area contributed by atoms with Crippen LogP contribution < -0.4 is 0 Å². The SMILES string of the molecule is CCCc1nc(C(CCC)OCC)nc(Cl)c1I. The number of hydrogen-bond acceptors (Lipinski definition) is 3. The van der Waals surface area contributed by atoms with Gasteiger partial charge in [0, 0.05) is 6.61 Å². The molecule has 1 heterocycles. The van der Waals surface area contributed by atoms with Gasteiger partial charge in [-0.25, -0.2) is 9.97 Å². The molecule has 0 fully saturated rings. The molecule has 5 heteroatoms. The van der Waals surface area contributed by atoms with Crippen molar-refractivity contribution in [2.24, 2.45) is 0 Å². The fraction of sp³-hybridized carbons (Fsp3) is 0.692. The minimum Gasteiger partial charge on any atom is -0.371 e. The minimum absolute atomic E-state index is 0.0369. The first kappa shape index (κ1) is 16.1. The van der Waals surface area contributed by atoms with E-state index in [2.05, 4.69) is 46.4 Å². The fourth-order valence-electron chi connectivity index (χ4n) is 1.78. The summed E-state index contributed by atoms with van der Waals surface area (Å²) in [5.74, 6) is 0.729. The van der Waals surface area contributed by atoms with Crippen LogP contribution in [0.5, 0.6) is 0 Å². The van der Waals surface area contributed by atoms with Gasteiger partial charge in [0.25, 0.3) is 0 Å². The highest BCUT2D eigenvalue weighted by molar-refractivity contribution is 14.1. The maximum absolute atomic E-state index is 6.18. The molecule has 0 aliphatic heterocycles. The van der Waals surface area contributed by atoms with E-state index >= 15 is 0 Å². The number of ether oxygens (including phenoxy) is 1. The lowest BCUT2D eigenvalue weighted by atomic mass is 10.2. The van der Waals surface area contributed by atoms with Crippen molar-refractivity contribution in [2.45, 2.75) is 52.6 Å². The normalized spacial score (nSPS) is 12.7. The van der Waals surface area contributed by atoms with Crippen LogP contribution in [0.3, 0.4) is 0 Å². The van der Waals surface area contributed by atoms with E-state index in [0.29, 0.717) is 11.8 Å². The smallest absolute Gasteiger partial charge is 0.159 e. The second-order valence-electron chi connectivity index (χ2n) is 4.12. The van der Waals surface area contributed by atoms with Crippen LogP contribution in [0.2, 0.25) is 5.15 Å². The Bertz CT molecular complexity index is 381. The molecule has 1 aromatic rings. The number of aromatic nitrogens is 2. The van der Waals surface area contributed by atoms with Gasteiger partial charge in [-0.15, -0.1) is 0 Å². The van der Waals surface area contributed by atoms with Crippen LogP contribution >= 0.6 is 34.2 Å². The zero-order valence-electron chi connectivity index (χ0n) is 11.2. The van der Waals surface area contributed by atoms with E-state index < -0.39 is 0 Å². The van der Waals surface area contributed by atoms with Crippen LogP contribution in [0.15, 0.2) is 0 Å². The average molecular weight is 383 g/mol. The lowest BCUT2D eigenvalue weighted by molar-refractivity contribution is 0.0492. The van der Waals surface area contributed by atoms with E-state index in [4.69, 9.17) is 16.3 Å². The molecule has 0 spiro atoms. The second-order valence-corrected chi connectivity index (χ2v) is 5.55. The second kappa shape index (κ2) is 8.27. The Hall–Kier alpha value is 0.0600. The zero-order valence-corrected chi connectivity index (χ0v) is 14.1. The highest BCUT2D eigenvalue weighted by atomic mass is 127. The summed E-state index contributed by atoms with van der Waals surface area (Å²) in [6.45, 7) is 6.93. The van der Waals surface area contributed by atoms with Crippen molar-refractivity contribution >= 4 is 34.2 Å². The van der Waals surface area contributed by atoms with Crippen LogP contribution in [0.25, 0.3) is 0 Å². The molecular weight excluding hydrogens is 363 g/mol. The van der Waals surface area contributed by atoms with Crippen molar-refractivity contribution in [1.29, 1.82) is 0 Å². The van der Waals surface area contributed by atoms with Gasteiger partial charge in [0.1, 0.15) is 11.3 Å². The Morgan fingerprint density at radius 3 is 2.50 bits per heavy atom. The lowest BCUT2D eigenvalue weighted by Gasteiger charge is -2.16. The van der Waals surface area contributed by atoms with Gasteiger partial charge in [-0.05, 0) is 42.4 Å². The van der Waals surface area contributed by atoms with Gasteiger partial charge in [-0.1, -0.05) is 38.3 Å². The highest BCUT2D eigenvalue weighted by Crippen LogP contribution is 2.26. The Labute approximate surface area is 128 Å². The van der Waals surface area contributed by atoms with Gasteiger partial charge >= 0.3 is 0 Å². The molecule has 0 saturated heterocycles. The summed E-state index contributed by atoms with van der Waals surface area (Å²) >= 11 is 8.40. The zero-order chi connectivity index (χ0) is 13.5. The molecule has 0 aromatic carbocycles. The van der Waals surface area contributed by atoms with Crippen molar-refractivity contribution in [3.05, 3.63) is 20.2 Å². The molecule has 1 unspecified atom stereocenters. The molecule has 18 heavy (non-hydrogen) atoms. The summed E-state index contributed by atoms with van der Waals surface area (Å²) in [7, 11) is 0. The van der Waals surface area contributed by atoms with E-state index in [9.17, 15) is 0 Å². The molecule has 0 saturated carbocycles. The molecule has 0 bridgehead atoms. The maximum atomic E-state index is 6.18. The minimum atomic E-state index is -0.0369. The van der Waals surface area contributed by atoms with Gasteiger partial charge in [0.15, 0.2) is 5.82 Å². The molecule has 0 aliphatic carbocycles. The standard InChI is InChI=1S/C13H20ClIN2O/c1-4-7-9-11(15)12(14)17-13(16-9)10(8-5-2)18-6-3/h10H,4-8H2,1-3H3. The summed E-state index contributed by atoms with van der Waals surface area (Å²) in [6, 6.07) is 0. The third kappa shape index (κ3) is 4.31. The molecule has 1 rings (SSSR count). The van der Waals surface area contributed by atoms with Crippen molar-refractivity contribution < 1.29 is 4.74 Å². The quantitative estimate of drug-likeness (QED) is 0.512. The number of aryl methyl sites for hydroxylation is 1. The molecule has 0 aliphatic rings. The highest BCUT2D eigenvalue weighted by Gasteiger charge is 2.18. The molecule has 1 aromatic heterocycles. The number of rotatable bonds is 7.